The highest BCUT2D eigenvalue weighted by atomic mass is 19.1. The van der Waals surface area contributed by atoms with E-state index in [4.69, 9.17) is 0 Å². The molecule has 7 heteroatoms. The lowest BCUT2D eigenvalue weighted by Crippen LogP contribution is -2.49. The average Bonchev–Trinajstić information content (AvgIpc) is 2.67. The molecule has 1 N–H and O–H groups in total. The van der Waals surface area contributed by atoms with Crippen molar-refractivity contribution in [3.63, 3.8) is 0 Å². The maximum absolute atomic E-state index is 12.8. The van der Waals surface area contributed by atoms with Crippen LogP contribution in [0.5, 0.6) is 0 Å². The Morgan fingerprint density at radius 3 is 2.44 bits per heavy atom. The minimum absolute atomic E-state index is 0.153. The highest BCUT2D eigenvalue weighted by molar-refractivity contribution is 5.76. The van der Waals surface area contributed by atoms with Crippen molar-refractivity contribution in [2.24, 2.45) is 0 Å². The average molecular weight is 343 g/mol. The van der Waals surface area contributed by atoms with Crippen molar-refractivity contribution in [2.45, 2.75) is 13.0 Å². The zero-order valence-corrected chi connectivity index (χ0v) is 14.1. The molecule has 0 radical (unpaired) electrons. The number of carbonyl (C=O) groups is 1. The van der Waals surface area contributed by atoms with E-state index in [9.17, 15) is 9.18 Å². The summed E-state index contributed by atoms with van der Waals surface area (Å²) in [6, 6.07) is 8.17. The van der Waals surface area contributed by atoms with Crippen LogP contribution in [0.15, 0.2) is 42.7 Å². The van der Waals surface area contributed by atoms with Gasteiger partial charge in [-0.3, -0.25) is 4.79 Å². The molecule has 0 aliphatic carbocycles. The maximum atomic E-state index is 12.8. The smallest absolute Gasteiger partial charge is 0.225 e. The topological polar surface area (TPSA) is 61.4 Å². The summed E-state index contributed by atoms with van der Waals surface area (Å²) in [4.78, 5) is 24.8. The number of amides is 1. The molecule has 1 aliphatic heterocycles. The number of hydrogen-bond acceptors (Lipinski definition) is 5. The molecule has 132 valence electrons. The molecule has 1 aromatic heterocycles. The second kappa shape index (κ2) is 8.53. The van der Waals surface area contributed by atoms with Gasteiger partial charge in [0.15, 0.2) is 0 Å². The summed E-state index contributed by atoms with van der Waals surface area (Å²) in [5.74, 6) is 0.634. The van der Waals surface area contributed by atoms with Crippen molar-refractivity contribution in [2.75, 3.05) is 37.6 Å². The molecule has 3 rings (SSSR count). The fourth-order valence-corrected chi connectivity index (χ4v) is 2.80. The van der Waals surface area contributed by atoms with E-state index in [0.717, 1.165) is 24.6 Å². The molecule has 1 amide bonds. The standard InChI is InChI=1S/C18H22FN5O/c19-16-4-2-15(3-5-16)14-20-9-6-17(25)23-10-12-24(13-11-23)18-21-7-1-8-22-18/h1-5,7-8,20H,6,9-14H2. The lowest BCUT2D eigenvalue weighted by atomic mass is 10.2. The summed E-state index contributed by atoms with van der Waals surface area (Å²) in [6.07, 6.45) is 3.92. The third-order valence-corrected chi connectivity index (χ3v) is 4.23. The van der Waals surface area contributed by atoms with Crippen LogP contribution in [-0.2, 0) is 11.3 Å². The van der Waals surface area contributed by atoms with Gasteiger partial charge in [0, 0.05) is 58.1 Å². The van der Waals surface area contributed by atoms with Gasteiger partial charge in [-0.15, -0.1) is 0 Å². The molecule has 0 spiro atoms. The number of benzene rings is 1. The highest BCUT2D eigenvalue weighted by Gasteiger charge is 2.21. The summed E-state index contributed by atoms with van der Waals surface area (Å²) in [6.45, 7) is 4.12. The molecular weight excluding hydrogens is 321 g/mol. The van der Waals surface area contributed by atoms with E-state index >= 15 is 0 Å². The number of nitrogens with zero attached hydrogens (tertiary/aromatic N) is 4. The predicted molar refractivity (Wildman–Crippen MR) is 93.5 cm³/mol. The normalized spacial score (nSPS) is 14.6. The largest absolute Gasteiger partial charge is 0.339 e. The molecule has 1 fully saturated rings. The molecular formula is C18H22FN5O. The molecule has 1 aromatic carbocycles. The summed E-state index contributed by atoms with van der Waals surface area (Å²) in [5, 5.41) is 3.23. The first-order chi connectivity index (χ1) is 12.2. The summed E-state index contributed by atoms with van der Waals surface area (Å²) in [7, 11) is 0. The minimum atomic E-state index is -0.237. The van der Waals surface area contributed by atoms with Crippen molar-refractivity contribution in [3.05, 3.63) is 54.1 Å². The van der Waals surface area contributed by atoms with Crippen molar-refractivity contribution in [1.82, 2.24) is 20.2 Å². The molecule has 0 bridgehead atoms. The Kier molecular flexibility index (Phi) is 5.90. The quantitative estimate of drug-likeness (QED) is 0.805. The third-order valence-electron chi connectivity index (χ3n) is 4.23. The lowest BCUT2D eigenvalue weighted by molar-refractivity contribution is -0.131. The van der Waals surface area contributed by atoms with Crippen molar-refractivity contribution in [3.8, 4) is 0 Å². The Morgan fingerprint density at radius 2 is 1.76 bits per heavy atom. The van der Waals surface area contributed by atoms with E-state index in [-0.39, 0.29) is 11.7 Å². The number of nitrogens with one attached hydrogen (secondary N) is 1. The second-order valence-corrected chi connectivity index (χ2v) is 5.97. The Hall–Kier alpha value is -2.54. The summed E-state index contributed by atoms with van der Waals surface area (Å²) < 4.78 is 12.8. The Bertz CT molecular complexity index is 672. The van der Waals surface area contributed by atoms with Crippen LogP contribution < -0.4 is 10.2 Å². The molecule has 6 nitrogen and oxygen atoms in total. The first-order valence-electron chi connectivity index (χ1n) is 8.47. The first kappa shape index (κ1) is 17.3. The minimum Gasteiger partial charge on any atom is -0.339 e. The van der Waals surface area contributed by atoms with Gasteiger partial charge in [-0.05, 0) is 23.8 Å². The number of rotatable bonds is 6. The van der Waals surface area contributed by atoms with Crippen LogP contribution in [0.1, 0.15) is 12.0 Å². The zero-order valence-electron chi connectivity index (χ0n) is 14.1. The Balaban J connectivity index is 1.36. The first-order valence-corrected chi connectivity index (χ1v) is 8.47. The van der Waals surface area contributed by atoms with E-state index in [1.165, 1.54) is 12.1 Å². The molecule has 1 saturated heterocycles. The second-order valence-electron chi connectivity index (χ2n) is 5.97. The fourth-order valence-electron chi connectivity index (χ4n) is 2.80. The molecule has 0 saturated carbocycles. The van der Waals surface area contributed by atoms with E-state index in [2.05, 4.69) is 20.2 Å². The molecule has 25 heavy (non-hydrogen) atoms. The van der Waals surface area contributed by atoms with Gasteiger partial charge in [-0.25, -0.2) is 14.4 Å². The van der Waals surface area contributed by atoms with Gasteiger partial charge in [-0.1, -0.05) is 12.1 Å². The monoisotopic (exact) mass is 343 g/mol. The number of aromatic nitrogens is 2. The van der Waals surface area contributed by atoms with Crippen LogP contribution in [0.3, 0.4) is 0 Å². The molecule has 0 unspecified atom stereocenters. The van der Waals surface area contributed by atoms with Crippen molar-refractivity contribution in [1.29, 1.82) is 0 Å². The number of halogens is 1. The van der Waals surface area contributed by atoms with E-state index < -0.39 is 0 Å². The van der Waals surface area contributed by atoms with Crippen LogP contribution in [0.4, 0.5) is 10.3 Å². The van der Waals surface area contributed by atoms with Crippen LogP contribution in [0, 0.1) is 5.82 Å². The Labute approximate surface area is 146 Å². The summed E-state index contributed by atoms with van der Waals surface area (Å²) >= 11 is 0. The van der Waals surface area contributed by atoms with Crippen molar-refractivity contribution >= 4 is 11.9 Å². The van der Waals surface area contributed by atoms with Crippen LogP contribution >= 0.6 is 0 Å². The van der Waals surface area contributed by atoms with Gasteiger partial charge in [0.1, 0.15) is 5.82 Å². The van der Waals surface area contributed by atoms with Crippen LogP contribution in [0.2, 0.25) is 0 Å². The molecule has 2 aromatic rings. The molecule has 2 heterocycles. The van der Waals surface area contributed by atoms with Gasteiger partial charge in [-0.2, -0.15) is 0 Å². The molecule has 0 atom stereocenters. The number of anilines is 1. The van der Waals surface area contributed by atoms with Crippen molar-refractivity contribution < 1.29 is 9.18 Å². The van der Waals surface area contributed by atoms with E-state index in [1.54, 1.807) is 30.6 Å². The van der Waals surface area contributed by atoms with Gasteiger partial charge in [0.05, 0.1) is 0 Å². The zero-order chi connectivity index (χ0) is 17.5. The third kappa shape index (κ3) is 4.96. The predicted octanol–water partition coefficient (Wildman–Crippen LogP) is 1.44. The van der Waals surface area contributed by atoms with Gasteiger partial charge < -0.3 is 15.1 Å². The van der Waals surface area contributed by atoms with E-state index in [1.807, 2.05) is 4.90 Å². The molecule has 1 aliphatic rings. The summed E-state index contributed by atoms with van der Waals surface area (Å²) in [5.41, 5.74) is 1.00. The highest BCUT2D eigenvalue weighted by Crippen LogP contribution is 2.10. The van der Waals surface area contributed by atoms with Crippen LogP contribution in [0.25, 0.3) is 0 Å². The maximum Gasteiger partial charge on any atom is 0.225 e. The SMILES string of the molecule is O=C(CCNCc1ccc(F)cc1)N1CCN(c2ncccn2)CC1. The van der Waals surface area contributed by atoms with Gasteiger partial charge in [0.2, 0.25) is 11.9 Å². The van der Waals surface area contributed by atoms with Gasteiger partial charge in [0.25, 0.3) is 0 Å². The number of hydrogen-bond donors (Lipinski definition) is 1. The number of piperazine rings is 1. The fraction of sp³-hybridized carbons (Fsp3) is 0.389. The lowest BCUT2D eigenvalue weighted by Gasteiger charge is -2.34. The van der Waals surface area contributed by atoms with Gasteiger partial charge >= 0.3 is 0 Å². The van der Waals surface area contributed by atoms with Crippen LogP contribution in [-0.4, -0.2) is 53.5 Å². The number of carbonyl (C=O) groups excluding carboxylic acids is 1. The van der Waals surface area contributed by atoms with E-state index in [0.29, 0.717) is 32.6 Å². The Morgan fingerprint density at radius 1 is 1.08 bits per heavy atom.